The summed E-state index contributed by atoms with van der Waals surface area (Å²) in [5.41, 5.74) is 2.60. The zero-order valence-electron chi connectivity index (χ0n) is 7.70. The lowest BCUT2D eigenvalue weighted by atomic mass is 10.2. The summed E-state index contributed by atoms with van der Waals surface area (Å²) in [7, 11) is 0. The van der Waals surface area contributed by atoms with Crippen LogP contribution in [0.15, 0.2) is 18.5 Å². The third-order valence-electron chi connectivity index (χ3n) is 2.46. The van der Waals surface area contributed by atoms with Crippen LogP contribution in [-0.2, 0) is 0 Å². The summed E-state index contributed by atoms with van der Waals surface area (Å²) in [4.78, 5) is 7.16. The van der Waals surface area contributed by atoms with Crippen LogP contribution >= 0.6 is 15.9 Å². The molecule has 0 aromatic carbocycles. The second kappa shape index (κ2) is 3.66. The molecule has 13 heavy (non-hydrogen) atoms. The number of halogens is 1. The van der Waals surface area contributed by atoms with Crippen LogP contribution in [-0.4, -0.2) is 22.9 Å². The van der Waals surface area contributed by atoms with Gasteiger partial charge in [-0.2, -0.15) is 0 Å². The molecule has 1 aromatic rings. The van der Waals surface area contributed by atoms with Crippen molar-refractivity contribution >= 4 is 21.6 Å². The highest BCUT2D eigenvalue weighted by Gasteiger charge is 2.20. The first-order valence-electron chi connectivity index (χ1n) is 4.57. The number of rotatable bonds is 1. The van der Waals surface area contributed by atoms with Gasteiger partial charge in [0.05, 0.1) is 0 Å². The van der Waals surface area contributed by atoms with E-state index in [9.17, 15) is 0 Å². The molecule has 1 atom stereocenters. The van der Waals surface area contributed by atoms with Crippen molar-refractivity contribution in [1.29, 1.82) is 0 Å². The van der Waals surface area contributed by atoms with E-state index < -0.39 is 0 Å². The van der Waals surface area contributed by atoms with Gasteiger partial charge in [0.2, 0.25) is 0 Å². The molecule has 1 aliphatic rings. The SMILES string of the molecule is Cc1cnccc1N1CCC(Br)C1. The molecule has 2 heterocycles. The highest BCUT2D eigenvalue weighted by Crippen LogP contribution is 2.25. The molecule has 2 rings (SSSR count). The van der Waals surface area contributed by atoms with Crippen LogP contribution < -0.4 is 4.90 Å². The molecule has 0 aliphatic carbocycles. The van der Waals surface area contributed by atoms with Crippen LogP contribution in [0.25, 0.3) is 0 Å². The molecule has 0 spiro atoms. The fourth-order valence-corrected chi connectivity index (χ4v) is 2.31. The summed E-state index contributed by atoms with van der Waals surface area (Å²) in [5, 5.41) is 0. The molecule has 1 saturated heterocycles. The largest absolute Gasteiger partial charge is 0.370 e. The number of aryl methyl sites for hydroxylation is 1. The number of aromatic nitrogens is 1. The Morgan fingerprint density at radius 3 is 3.08 bits per heavy atom. The molecular weight excluding hydrogens is 228 g/mol. The Balaban J connectivity index is 2.21. The quantitative estimate of drug-likeness (QED) is 0.701. The number of pyridine rings is 1. The Morgan fingerprint density at radius 1 is 1.62 bits per heavy atom. The monoisotopic (exact) mass is 240 g/mol. The maximum atomic E-state index is 4.10. The Labute approximate surface area is 87.1 Å². The highest BCUT2D eigenvalue weighted by molar-refractivity contribution is 9.09. The van der Waals surface area contributed by atoms with E-state index in [4.69, 9.17) is 0 Å². The van der Waals surface area contributed by atoms with Gasteiger partial charge >= 0.3 is 0 Å². The van der Waals surface area contributed by atoms with E-state index in [0.29, 0.717) is 4.83 Å². The van der Waals surface area contributed by atoms with Gasteiger partial charge in [-0.3, -0.25) is 4.98 Å². The van der Waals surface area contributed by atoms with Gasteiger partial charge in [-0.05, 0) is 25.0 Å². The smallest absolute Gasteiger partial charge is 0.0427 e. The third-order valence-corrected chi connectivity index (χ3v) is 3.21. The van der Waals surface area contributed by atoms with Gasteiger partial charge in [-0.15, -0.1) is 0 Å². The number of hydrogen-bond acceptors (Lipinski definition) is 2. The van der Waals surface area contributed by atoms with Crippen molar-refractivity contribution in [3.63, 3.8) is 0 Å². The van der Waals surface area contributed by atoms with Crippen molar-refractivity contribution in [3.05, 3.63) is 24.0 Å². The van der Waals surface area contributed by atoms with Crippen LogP contribution in [0.2, 0.25) is 0 Å². The maximum absolute atomic E-state index is 4.10. The fourth-order valence-electron chi connectivity index (χ4n) is 1.76. The molecule has 2 nitrogen and oxygen atoms in total. The lowest BCUT2D eigenvalue weighted by Gasteiger charge is -2.19. The van der Waals surface area contributed by atoms with E-state index >= 15 is 0 Å². The molecule has 0 radical (unpaired) electrons. The lowest BCUT2D eigenvalue weighted by Crippen LogP contribution is -2.20. The van der Waals surface area contributed by atoms with Crippen molar-refractivity contribution < 1.29 is 0 Å². The molecule has 1 unspecified atom stereocenters. The minimum Gasteiger partial charge on any atom is -0.370 e. The molecule has 1 aromatic heterocycles. The van der Waals surface area contributed by atoms with Gasteiger partial charge in [0.25, 0.3) is 0 Å². The standard InChI is InChI=1S/C10H13BrN2/c1-8-6-12-4-2-10(8)13-5-3-9(11)7-13/h2,4,6,9H,3,5,7H2,1H3. The predicted molar refractivity (Wildman–Crippen MR) is 58.5 cm³/mol. The molecule has 70 valence electrons. The first-order valence-corrected chi connectivity index (χ1v) is 5.48. The van der Waals surface area contributed by atoms with E-state index in [1.54, 1.807) is 0 Å². The minimum atomic E-state index is 0.653. The topological polar surface area (TPSA) is 16.1 Å². The van der Waals surface area contributed by atoms with E-state index in [1.165, 1.54) is 17.7 Å². The molecule has 0 amide bonds. The van der Waals surface area contributed by atoms with Crippen molar-refractivity contribution in [3.8, 4) is 0 Å². The van der Waals surface area contributed by atoms with Gasteiger partial charge in [-0.25, -0.2) is 0 Å². The zero-order valence-corrected chi connectivity index (χ0v) is 9.29. The Morgan fingerprint density at radius 2 is 2.46 bits per heavy atom. The summed E-state index contributed by atoms with van der Waals surface area (Å²) in [6, 6.07) is 2.10. The first-order chi connectivity index (χ1) is 6.27. The normalized spacial score (nSPS) is 22.3. The van der Waals surface area contributed by atoms with E-state index in [-0.39, 0.29) is 0 Å². The molecular formula is C10H13BrN2. The minimum absolute atomic E-state index is 0.653. The molecule has 1 aliphatic heterocycles. The van der Waals surface area contributed by atoms with E-state index in [0.717, 1.165) is 13.1 Å². The number of nitrogens with zero attached hydrogens (tertiary/aromatic N) is 2. The molecule has 0 saturated carbocycles. The van der Waals surface area contributed by atoms with E-state index in [2.05, 4.69) is 38.8 Å². The van der Waals surface area contributed by atoms with Crippen LogP contribution in [0.4, 0.5) is 5.69 Å². The average Bonchev–Trinajstić information content (AvgIpc) is 2.53. The average molecular weight is 241 g/mol. The van der Waals surface area contributed by atoms with Crippen molar-refractivity contribution in [2.24, 2.45) is 0 Å². The third kappa shape index (κ3) is 1.85. The van der Waals surface area contributed by atoms with Crippen molar-refractivity contribution in [1.82, 2.24) is 4.98 Å². The first kappa shape index (κ1) is 9.00. The predicted octanol–water partition coefficient (Wildman–Crippen LogP) is 2.36. The summed E-state index contributed by atoms with van der Waals surface area (Å²) >= 11 is 3.64. The van der Waals surface area contributed by atoms with Crippen LogP contribution in [0.1, 0.15) is 12.0 Å². The second-order valence-electron chi connectivity index (χ2n) is 3.49. The Hall–Kier alpha value is -0.570. The Bertz CT molecular complexity index is 301. The van der Waals surface area contributed by atoms with Crippen LogP contribution in [0.3, 0.4) is 0 Å². The zero-order chi connectivity index (χ0) is 9.26. The summed E-state index contributed by atoms with van der Waals surface area (Å²) in [5.74, 6) is 0. The molecule has 3 heteroatoms. The maximum Gasteiger partial charge on any atom is 0.0427 e. The summed E-state index contributed by atoms with van der Waals surface area (Å²) in [6.07, 6.45) is 5.03. The van der Waals surface area contributed by atoms with Crippen molar-refractivity contribution in [2.75, 3.05) is 18.0 Å². The van der Waals surface area contributed by atoms with Gasteiger partial charge < -0.3 is 4.90 Å². The highest BCUT2D eigenvalue weighted by atomic mass is 79.9. The van der Waals surface area contributed by atoms with E-state index in [1.807, 2.05) is 12.4 Å². The molecule has 0 bridgehead atoms. The lowest BCUT2D eigenvalue weighted by molar-refractivity contribution is 0.956. The second-order valence-corrected chi connectivity index (χ2v) is 4.79. The Kier molecular flexibility index (Phi) is 2.54. The van der Waals surface area contributed by atoms with Gasteiger partial charge in [-0.1, -0.05) is 15.9 Å². The summed E-state index contributed by atoms with van der Waals surface area (Å²) in [6.45, 7) is 4.38. The number of alkyl halides is 1. The molecule has 1 fully saturated rings. The summed E-state index contributed by atoms with van der Waals surface area (Å²) < 4.78 is 0. The number of anilines is 1. The number of hydrogen-bond donors (Lipinski definition) is 0. The fraction of sp³-hybridized carbons (Fsp3) is 0.500. The van der Waals surface area contributed by atoms with Crippen LogP contribution in [0, 0.1) is 6.92 Å². The van der Waals surface area contributed by atoms with Crippen molar-refractivity contribution in [2.45, 2.75) is 18.2 Å². The van der Waals surface area contributed by atoms with Gasteiger partial charge in [0.1, 0.15) is 0 Å². The van der Waals surface area contributed by atoms with Crippen LogP contribution in [0.5, 0.6) is 0 Å². The van der Waals surface area contributed by atoms with Gasteiger partial charge in [0, 0.05) is 36.0 Å². The van der Waals surface area contributed by atoms with Gasteiger partial charge in [0.15, 0.2) is 0 Å². The molecule has 0 N–H and O–H groups in total.